The Morgan fingerprint density at radius 3 is 2.42 bits per heavy atom. The van der Waals surface area contributed by atoms with Crippen LogP contribution in [0.5, 0.6) is 0 Å². The van der Waals surface area contributed by atoms with Crippen LogP contribution < -0.4 is 16.4 Å². The van der Waals surface area contributed by atoms with Crippen LogP contribution in [-0.2, 0) is 16.0 Å². The highest BCUT2D eigenvalue weighted by atomic mass is 79.9. The predicted octanol–water partition coefficient (Wildman–Crippen LogP) is 3.46. The number of nitrogens with zero attached hydrogens (tertiary/aromatic N) is 1. The zero-order valence-electron chi connectivity index (χ0n) is 17.3. The van der Waals surface area contributed by atoms with Gasteiger partial charge in [-0.2, -0.15) is 0 Å². The van der Waals surface area contributed by atoms with Crippen molar-refractivity contribution in [1.29, 1.82) is 0 Å². The van der Waals surface area contributed by atoms with Crippen molar-refractivity contribution in [1.82, 2.24) is 15.3 Å². The number of halogens is 1. The van der Waals surface area contributed by atoms with Crippen LogP contribution in [0.2, 0.25) is 0 Å². The van der Waals surface area contributed by atoms with E-state index in [4.69, 9.17) is 5.73 Å². The van der Waals surface area contributed by atoms with Crippen molar-refractivity contribution in [2.24, 2.45) is 5.73 Å². The molecule has 1 unspecified atom stereocenters. The molecule has 0 aliphatic carbocycles. The maximum absolute atomic E-state index is 13.1. The van der Waals surface area contributed by atoms with Crippen LogP contribution in [0.1, 0.15) is 27.5 Å². The number of fused-ring (bicyclic) bond motifs is 1. The summed E-state index contributed by atoms with van der Waals surface area (Å²) in [7, 11) is 0. The third-order valence-corrected chi connectivity index (χ3v) is 5.52. The molecule has 0 spiro atoms. The van der Waals surface area contributed by atoms with Gasteiger partial charge in [-0.05, 0) is 41.5 Å². The summed E-state index contributed by atoms with van der Waals surface area (Å²) in [5.41, 5.74) is 8.21. The molecule has 5 N–H and O–H groups in total. The summed E-state index contributed by atoms with van der Waals surface area (Å²) in [4.78, 5) is 44.5. The Labute approximate surface area is 197 Å². The fraction of sp³-hybridized carbons (Fsp3) is 0.0833. The second-order valence-electron chi connectivity index (χ2n) is 7.39. The first-order chi connectivity index (χ1) is 15.9. The molecular formula is C24H20BrN5O3. The van der Waals surface area contributed by atoms with Gasteiger partial charge in [0.15, 0.2) is 0 Å². The van der Waals surface area contributed by atoms with Gasteiger partial charge in [0, 0.05) is 10.0 Å². The van der Waals surface area contributed by atoms with Gasteiger partial charge in [0.2, 0.25) is 17.8 Å². The highest BCUT2D eigenvalue weighted by Crippen LogP contribution is 2.19. The van der Waals surface area contributed by atoms with E-state index < -0.39 is 17.9 Å². The van der Waals surface area contributed by atoms with E-state index in [9.17, 15) is 14.4 Å². The monoisotopic (exact) mass is 505 g/mol. The Kier molecular flexibility index (Phi) is 6.50. The molecule has 33 heavy (non-hydrogen) atoms. The second-order valence-corrected chi connectivity index (χ2v) is 8.30. The van der Waals surface area contributed by atoms with Crippen LogP contribution in [0.25, 0.3) is 11.0 Å². The summed E-state index contributed by atoms with van der Waals surface area (Å²) in [5.74, 6) is -1.12. The SMILES string of the molecule is NC(=O)c1ccc2nc(NC(=O)C(NC(=O)Cc3ccc(Br)cc3)c3ccccc3)[nH]c2c1. The third kappa shape index (κ3) is 5.45. The number of aromatic amines is 1. The normalized spacial score (nSPS) is 11.7. The zero-order chi connectivity index (χ0) is 23.4. The lowest BCUT2D eigenvalue weighted by molar-refractivity contribution is -0.126. The van der Waals surface area contributed by atoms with E-state index in [0.29, 0.717) is 22.2 Å². The number of H-pyrrole nitrogens is 1. The topological polar surface area (TPSA) is 130 Å². The number of rotatable bonds is 7. The van der Waals surface area contributed by atoms with E-state index in [2.05, 4.69) is 36.5 Å². The molecule has 166 valence electrons. The number of benzene rings is 3. The van der Waals surface area contributed by atoms with Crippen molar-refractivity contribution in [3.8, 4) is 0 Å². The minimum absolute atomic E-state index is 0.129. The summed E-state index contributed by atoms with van der Waals surface area (Å²) in [5, 5.41) is 5.52. The van der Waals surface area contributed by atoms with Gasteiger partial charge in [0.05, 0.1) is 17.5 Å². The van der Waals surface area contributed by atoms with Crippen molar-refractivity contribution in [3.63, 3.8) is 0 Å². The summed E-state index contributed by atoms with van der Waals surface area (Å²) in [6.07, 6.45) is 0.129. The van der Waals surface area contributed by atoms with Gasteiger partial charge in [-0.15, -0.1) is 0 Å². The molecule has 0 radical (unpaired) electrons. The minimum Gasteiger partial charge on any atom is -0.366 e. The molecule has 0 bridgehead atoms. The van der Waals surface area contributed by atoms with Gasteiger partial charge in [-0.1, -0.05) is 58.4 Å². The lowest BCUT2D eigenvalue weighted by Gasteiger charge is -2.18. The van der Waals surface area contributed by atoms with Gasteiger partial charge >= 0.3 is 0 Å². The number of hydrogen-bond donors (Lipinski definition) is 4. The molecule has 1 aromatic heterocycles. The molecule has 1 heterocycles. The highest BCUT2D eigenvalue weighted by Gasteiger charge is 2.24. The van der Waals surface area contributed by atoms with Crippen LogP contribution in [-0.4, -0.2) is 27.7 Å². The second kappa shape index (κ2) is 9.66. The van der Waals surface area contributed by atoms with Crippen molar-refractivity contribution < 1.29 is 14.4 Å². The molecule has 3 aromatic carbocycles. The van der Waals surface area contributed by atoms with E-state index >= 15 is 0 Å². The zero-order valence-corrected chi connectivity index (χ0v) is 18.9. The quantitative estimate of drug-likeness (QED) is 0.306. The van der Waals surface area contributed by atoms with E-state index in [1.54, 1.807) is 42.5 Å². The summed E-state index contributed by atoms with van der Waals surface area (Å²) in [6, 6.07) is 20.2. The molecule has 1 atom stereocenters. The molecule has 0 fully saturated rings. The lowest BCUT2D eigenvalue weighted by atomic mass is 10.1. The number of aromatic nitrogens is 2. The Hall–Kier alpha value is -3.98. The molecule has 0 aliphatic heterocycles. The average molecular weight is 506 g/mol. The van der Waals surface area contributed by atoms with Crippen LogP contribution in [0, 0.1) is 0 Å². The largest absolute Gasteiger partial charge is 0.366 e. The number of anilines is 1. The van der Waals surface area contributed by atoms with Crippen LogP contribution in [0.4, 0.5) is 5.95 Å². The molecular weight excluding hydrogens is 486 g/mol. The molecule has 0 saturated heterocycles. The fourth-order valence-corrected chi connectivity index (χ4v) is 3.62. The van der Waals surface area contributed by atoms with Crippen LogP contribution in [0.15, 0.2) is 77.3 Å². The fourth-order valence-electron chi connectivity index (χ4n) is 3.36. The number of nitrogens with one attached hydrogen (secondary N) is 3. The maximum Gasteiger partial charge on any atom is 0.253 e. The average Bonchev–Trinajstić information content (AvgIpc) is 3.21. The third-order valence-electron chi connectivity index (χ3n) is 4.99. The van der Waals surface area contributed by atoms with E-state index in [1.165, 1.54) is 0 Å². The predicted molar refractivity (Wildman–Crippen MR) is 128 cm³/mol. The number of carbonyl (C=O) groups excluding carboxylic acids is 3. The van der Waals surface area contributed by atoms with E-state index in [-0.39, 0.29) is 18.3 Å². The molecule has 0 aliphatic rings. The Balaban J connectivity index is 1.53. The van der Waals surface area contributed by atoms with Gasteiger partial charge < -0.3 is 16.0 Å². The van der Waals surface area contributed by atoms with Gasteiger partial charge in [0.25, 0.3) is 5.91 Å². The highest BCUT2D eigenvalue weighted by molar-refractivity contribution is 9.10. The Bertz CT molecular complexity index is 1320. The lowest BCUT2D eigenvalue weighted by Crippen LogP contribution is -2.37. The summed E-state index contributed by atoms with van der Waals surface area (Å²) in [6.45, 7) is 0. The van der Waals surface area contributed by atoms with Crippen molar-refractivity contribution in [2.45, 2.75) is 12.5 Å². The molecule has 0 saturated carbocycles. The Morgan fingerprint density at radius 2 is 1.73 bits per heavy atom. The first-order valence-corrected chi connectivity index (χ1v) is 10.9. The van der Waals surface area contributed by atoms with Gasteiger partial charge in [-0.25, -0.2) is 4.98 Å². The van der Waals surface area contributed by atoms with Gasteiger partial charge in [-0.3, -0.25) is 19.7 Å². The minimum atomic E-state index is -0.927. The number of hydrogen-bond acceptors (Lipinski definition) is 4. The van der Waals surface area contributed by atoms with Crippen molar-refractivity contribution >= 4 is 50.6 Å². The van der Waals surface area contributed by atoms with E-state index in [1.807, 2.05) is 30.3 Å². The van der Waals surface area contributed by atoms with E-state index in [0.717, 1.165) is 10.0 Å². The smallest absolute Gasteiger partial charge is 0.253 e. The molecule has 4 rings (SSSR count). The molecule has 4 aromatic rings. The van der Waals surface area contributed by atoms with Crippen LogP contribution in [0.3, 0.4) is 0 Å². The number of carbonyl (C=O) groups is 3. The maximum atomic E-state index is 13.1. The Morgan fingerprint density at radius 1 is 1.00 bits per heavy atom. The van der Waals surface area contributed by atoms with Crippen LogP contribution >= 0.6 is 15.9 Å². The first-order valence-electron chi connectivity index (χ1n) is 10.1. The summed E-state index contributed by atoms with van der Waals surface area (Å²) >= 11 is 3.37. The van der Waals surface area contributed by atoms with Crippen molar-refractivity contribution in [2.75, 3.05) is 5.32 Å². The molecule has 8 nitrogen and oxygen atoms in total. The molecule has 3 amide bonds. The number of imidazole rings is 1. The number of primary amides is 1. The summed E-state index contributed by atoms with van der Waals surface area (Å²) < 4.78 is 0.919. The molecule has 9 heteroatoms. The standard InChI is InChI=1S/C24H20BrN5O3/c25-17-9-6-14(7-10-17)12-20(31)29-21(15-4-2-1-3-5-15)23(33)30-24-27-18-11-8-16(22(26)32)13-19(18)28-24/h1-11,13,21H,12H2,(H2,26,32)(H,29,31)(H2,27,28,30,33). The number of amides is 3. The van der Waals surface area contributed by atoms with Crippen molar-refractivity contribution in [3.05, 3.63) is 94.0 Å². The van der Waals surface area contributed by atoms with Gasteiger partial charge in [0.1, 0.15) is 6.04 Å². The first kappa shape index (κ1) is 22.2. The number of nitrogens with two attached hydrogens (primary N) is 1.